The molecule has 1 aliphatic rings. The second kappa shape index (κ2) is 6.87. The molecule has 0 aliphatic carbocycles. The fourth-order valence-electron chi connectivity index (χ4n) is 2.65. The molecule has 0 bridgehead atoms. The average molecular weight is 267 g/mol. The summed E-state index contributed by atoms with van der Waals surface area (Å²) >= 11 is 0. The maximum atomic E-state index is 13.5. The summed E-state index contributed by atoms with van der Waals surface area (Å²) < 4.78 is 24.3. The van der Waals surface area contributed by atoms with Crippen LogP contribution in [0.3, 0.4) is 0 Å². The Morgan fingerprint density at radius 1 is 1.53 bits per heavy atom. The Morgan fingerprint density at radius 3 is 3.00 bits per heavy atom. The minimum atomic E-state index is -0.221. The molecule has 19 heavy (non-hydrogen) atoms. The van der Waals surface area contributed by atoms with Crippen LogP contribution in [-0.4, -0.2) is 26.9 Å². The summed E-state index contributed by atoms with van der Waals surface area (Å²) in [4.78, 5) is 0. The van der Waals surface area contributed by atoms with Crippen LogP contribution in [0.5, 0.6) is 5.75 Å². The predicted molar refractivity (Wildman–Crippen MR) is 72.9 cm³/mol. The molecule has 3 nitrogen and oxygen atoms in total. The van der Waals surface area contributed by atoms with E-state index in [1.54, 1.807) is 19.2 Å². The fourth-order valence-corrected chi connectivity index (χ4v) is 2.65. The highest BCUT2D eigenvalue weighted by molar-refractivity contribution is 5.36. The molecular formula is C15H22FNO2. The van der Waals surface area contributed by atoms with Crippen LogP contribution in [-0.2, 0) is 4.74 Å². The van der Waals surface area contributed by atoms with Gasteiger partial charge in [0.25, 0.3) is 0 Å². The van der Waals surface area contributed by atoms with Crippen molar-refractivity contribution in [2.75, 3.05) is 26.9 Å². The van der Waals surface area contributed by atoms with Crippen molar-refractivity contribution in [3.8, 4) is 5.75 Å². The van der Waals surface area contributed by atoms with E-state index < -0.39 is 0 Å². The van der Waals surface area contributed by atoms with E-state index in [9.17, 15) is 4.39 Å². The van der Waals surface area contributed by atoms with Crippen molar-refractivity contribution >= 4 is 0 Å². The number of ether oxygens (including phenoxy) is 2. The van der Waals surface area contributed by atoms with Gasteiger partial charge in [-0.15, -0.1) is 0 Å². The third-order valence-electron chi connectivity index (χ3n) is 3.61. The summed E-state index contributed by atoms with van der Waals surface area (Å²) in [6.45, 7) is 4.55. The van der Waals surface area contributed by atoms with Gasteiger partial charge in [-0.1, -0.05) is 6.92 Å². The summed E-state index contributed by atoms with van der Waals surface area (Å²) in [6, 6.07) is 4.81. The summed E-state index contributed by atoms with van der Waals surface area (Å²) in [6.07, 6.45) is 2.03. The van der Waals surface area contributed by atoms with E-state index in [-0.39, 0.29) is 11.9 Å². The van der Waals surface area contributed by atoms with Gasteiger partial charge in [-0.25, -0.2) is 4.39 Å². The fraction of sp³-hybridized carbons (Fsp3) is 0.600. The van der Waals surface area contributed by atoms with E-state index in [0.29, 0.717) is 5.92 Å². The van der Waals surface area contributed by atoms with Gasteiger partial charge in [-0.2, -0.15) is 0 Å². The Hall–Kier alpha value is -1.13. The maximum Gasteiger partial charge on any atom is 0.123 e. The van der Waals surface area contributed by atoms with Gasteiger partial charge in [0.05, 0.1) is 7.11 Å². The Labute approximate surface area is 114 Å². The lowest BCUT2D eigenvalue weighted by Gasteiger charge is -2.23. The lowest BCUT2D eigenvalue weighted by atomic mass is 9.93. The molecule has 0 spiro atoms. The molecule has 1 aromatic rings. The van der Waals surface area contributed by atoms with Gasteiger partial charge in [0.2, 0.25) is 0 Å². The first kappa shape index (κ1) is 14.3. The van der Waals surface area contributed by atoms with Crippen LogP contribution in [0.1, 0.15) is 31.4 Å². The average Bonchev–Trinajstić information content (AvgIpc) is 2.91. The Morgan fingerprint density at radius 2 is 2.37 bits per heavy atom. The van der Waals surface area contributed by atoms with E-state index in [4.69, 9.17) is 9.47 Å². The molecule has 2 atom stereocenters. The monoisotopic (exact) mass is 267 g/mol. The summed E-state index contributed by atoms with van der Waals surface area (Å²) in [5.41, 5.74) is 0.899. The highest BCUT2D eigenvalue weighted by Crippen LogP contribution is 2.32. The molecule has 1 fully saturated rings. The second-order valence-corrected chi connectivity index (χ2v) is 4.96. The number of methoxy groups -OCH3 is 1. The molecule has 106 valence electrons. The van der Waals surface area contributed by atoms with Crippen molar-refractivity contribution < 1.29 is 13.9 Å². The Bertz CT molecular complexity index is 405. The minimum absolute atomic E-state index is 0.113. The molecule has 2 unspecified atom stereocenters. The van der Waals surface area contributed by atoms with E-state index in [0.717, 1.165) is 43.9 Å². The standard InChI is InChI=1S/C15H22FNO2/c1-3-17-14(8-11-6-7-19-10-11)13-9-12(16)4-5-15(13)18-2/h4-5,9,11,14,17H,3,6-8,10H2,1-2H3. The van der Waals surface area contributed by atoms with Crippen molar-refractivity contribution in [2.45, 2.75) is 25.8 Å². The van der Waals surface area contributed by atoms with Crippen molar-refractivity contribution in [2.24, 2.45) is 5.92 Å². The minimum Gasteiger partial charge on any atom is -0.496 e. The summed E-state index contributed by atoms with van der Waals surface area (Å²) in [7, 11) is 1.62. The van der Waals surface area contributed by atoms with Crippen molar-refractivity contribution in [3.05, 3.63) is 29.6 Å². The zero-order valence-corrected chi connectivity index (χ0v) is 11.6. The van der Waals surface area contributed by atoms with Crippen molar-refractivity contribution in [3.63, 3.8) is 0 Å². The first-order valence-corrected chi connectivity index (χ1v) is 6.89. The normalized spacial score (nSPS) is 20.5. The quantitative estimate of drug-likeness (QED) is 0.859. The van der Waals surface area contributed by atoms with E-state index in [1.807, 2.05) is 0 Å². The molecule has 0 radical (unpaired) electrons. The Kier molecular flexibility index (Phi) is 5.16. The van der Waals surface area contributed by atoms with Gasteiger partial charge in [-0.3, -0.25) is 0 Å². The number of hydrogen-bond acceptors (Lipinski definition) is 3. The molecule has 1 heterocycles. The third kappa shape index (κ3) is 3.67. The zero-order valence-electron chi connectivity index (χ0n) is 11.6. The maximum absolute atomic E-state index is 13.5. The molecular weight excluding hydrogens is 245 g/mol. The van der Waals surface area contributed by atoms with Gasteiger partial charge in [0.15, 0.2) is 0 Å². The molecule has 1 N–H and O–H groups in total. The van der Waals surface area contributed by atoms with Gasteiger partial charge in [0.1, 0.15) is 11.6 Å². The topological polar surface area (TPSA) is 30.5 Å². The molecule has 0 aromatic heterocycles. The first-order chi connectivity index (χ1) is 9.24. The van der Waals surface area contributed by atoms with Crippen LogP contribution in [0.25, 0.3) is 0 Å². The molecule has 2 rings (SSSR count). The smallest absolute Gasteiger partial charge is 0.123 e. The molecule has 1 saturated heterocycles. The first-order valence-electron chi connectivity index (χ1n) is 6.89. The van der Waals surface area contributed by atoms with Crippen LogP contribution >= 0.6 is 0 Å². The van der Waals surface area contributed by atoms with E-state index >= 15 is 0 Å². The highest BCUT2D eigenvalue weighted by atomic mass is 19.1. The lowest BCUT2D eigenvalue weighted by molar-refractivity contribution is 0.181. The zero-order chi connectivity index (χ0) is 13.7. The molecule has 1 aliphatic heterocycles. The predicted octanol–water partition coefficient (Wildman–Crippen LogP) is 2.91. The van der Waals surface area contributed by atoms with Crippen LogP contribution in [0.4, 0.5) is 4.39 Å². The number of halogens is 1. The Balaban J connectivity index is 2.18. The largest absolute Gasteiger partial charge is 0.496 e. The van der Waals surface area contributed by atoms with Crippen LogP contribution in [0.15, 0.2) is 18.2 Å². The molecule has 0 amide bonds. The third-order valence-corrected chi connectivity index (χ3v) is 3.61. The van der Waals surface area contributed by atoms with Crippen LogP contribution in [0, 0.1) is 11.7 Å². The lowest BCUT2D eigenvalue weighted by Crippen LogP contribution is -2.24. The number of benzene rings is 1. The van der Waals surface area contributed by atoms with Gasteiger partial charge < -0.3 is 14.8 Å². The van der Waals surface area contributed by atoms with Crippen LogP contribution in [0.2, 0.25) is 0 Å². The van der Waals surface area contributed by atoms with Gasteiger partial charge in [-0.05, 0) is 43.5 Å². The number of nitrogens with one attached hydrogen (secondary N) is 1. The number of rotatable bonds is 6. The molecule has 4 heteroatoms. The summed E-state index contributed by atoms with van der Waals surface area (Å²) in [5, 5.41) is 3.43. The van der Waals surface area contributed by atoms with Crippen molar-refractivity contribution in [1.82, 2.24) is 5.32 Å². The van der Waals surface area contributed by atoms with E-state index in [1.165, 1.54) is 6.07 Å². The SMILES string of the molecule is CCNC(CC1CCOC1)c1cc(F)ccc1OC. The van der Waals surface area contributed by atoms with Gasteiger partial charge in [0, 0.05) is 24.8 Å². The number of hydrogen-bond donors (Lipinski definition) is 1. The highest BCUT2D eigenvalue weighted by Gasteiger charge is 2.23. The second-order valence-electron chi connectivity index (χ2n) is 4.96. The molecule has 1 aromatic carbocycles. The van der Waals surface area contributed by atoms with Crippen LogP contribution < -0.4 is 10.1 Å². The van der Waals surface area contributed by atoms with E-state index in [2.05, 4.69) is 12.2 Å². The summed E-state index contributed by atoms with van der Waals surface area (Å²) in [5.74, 6) is 1.06. The van der Waals surface area contributed by atoms with Gasteiger partial charge >= 0.3 is 0 Å². The van der Waals surface area contributed by atoms with Crippen molar-refractivity contribution in [1.29, 1.82) is 0 Å². The molecule has 0 saturated carbocycles.